The van der Waals surface area contributed by atoms with Gasteiger partial charge in [-0.05, 0) is 46.0 Å². The van der Waals surface area contributed by atoms with Crippen molar-refractivity contribution in [1.82, 2.24) is 4.90 Å². The van der Waals surface area contributed by atoms with E-state index in [1.54, 1.807) is 4.90 Å². The molecule has 0 aromatic heterocycles. The molecule has 1 fully saturated rings. The number of carbonyl (C=O) groups is 2. The van der Waals surface area contributed by atoms with E-state index in [0.717, 1.165) is 19.3 Å². The van der Waals surface area contributed by atoms with Crippen molar-refractivity contribution in [3.05, 3.63) is 0 Å². The van der Waals surface area contributed by atoms with Crippen LogP contribution in [-0.4, -0.2) is 35.0 Å². The smallest absolute Gasteiger partial charge is 0.410 e. The fourth-order valence-corrected chi connectivity index (χ4v) is 2.05. The lowest BCUT2D eigenvalue weighted by Crippen LogP contribution is -2.46. The second kappa shape index (κ2) is 5.90. The number of Topliss-reactive ketones (excluding diaryl/α,β-unsaturated/α-hetero) is 1. The van der Waals surface area contributed by atoms with E-state index in [2.05, 4.69) is 5.92 Å². The zero-order valence-electron chi connectivity index (χ0n) is 11.4. The maximum Gasteiger partial charge on any atom is 0.410 e. The molecule has 0 bridgehead atoms. The third-order valence-electron chi connectivity index (χ3n) is 2.84. The summed E-state index contributed by atoms with van der Waals surface area (Å²) in [5.41, 5.74) is -0.519. The summed E-state index contributed by atoms with van der Waals surface area (Å²) in [7, 11) is 0. The van der Waals surface area contributed by atoms with Gasteiger partial charge in [0.15, 0.2) is 0 Å². The number of ketones is 1. The minimum Gasteiger partial charge on any atom is -0.444 e. The lowest BCUT2D eigenvalue weighted by Gasteiger charge is -2.36. The van der Waals surface area contributed by atoms with Crippen LogP contribution in [0.15, 0.2) is 0 Å². The number of hydrogen-bond donors (Lipinski definition) is 0. The predicted molar refractivity (Wildman–Crippen MR) is 69.0 cm³/mol. The van der Waals surface area contributed by atoms with Gasteiger partial charge in [-0.15, -0.1) is 6.42 Å². The first-order chi connectivity index (χ1) is 8.33. The number of nitrogens with zero attached hydrogens (tertiary/aromatic N) is 1. The van der Waals surface area contributed by atoms with Gasteiger partial charge in [0.1, 0.15) is 5.60 Å². The molecular formula is C14H21NO3. The van der Waals surface area contributed by atoms with Gasteiger partial charge in [0, 0.05) is 19.0 Å². The van der Waals surface area contributed by atoms with Gasteiger partial charge < -0.3 is 9.64 Å². The molecule has 4 nitrogen and oxygen atoms in total. The summed E-state index contributed by atoms with van der Waals surface area (Å²) >= 11 is 0. The van der Waals surface area contributed by atoms with Crippen molar-refractivity contribution >= 4 is 11.9 Å². The van der Waals surface area contributed by atoms with Crippen molar-refractivity contribution in [3.8, 4) is 12.3 Å². The Kier molecular flexibility index (Phi) is 4.77. The quantitative estimate of drug-likeness (QED) is 0.559. The van der Waals surface area contributed by atoms with Crippen molar-refractivity contribution in [3.63, 3.8) is 0 Å². The maximum absolute atomic E-state index is 12.0. The predicted octanol–water partition coefficient (Wildman–Crippen LogP) is 2.37. The molecule has 0 saturated carbocycles. The highest BCUT2D eigenvalue weighted by atomic mass is 16.6. The fourth-order valence-electron chi connectivity index (χ4n) is 2.05. The molecule has 0 aromatic carbocycles. The normalized spacial score (nSPS) is 20.1. The molecule has 1 amide bonds. The molecule has 1 saturated heterocycles. The molecule has 0 unspecified atom stereocenters. The Morgan fingerprint density at radius 3 is 2.61 bits per heavy atom. The SMILES string of the molecule is C#CC(=O)C[C@H]1CCCCN1C(=O)OC(C)(C)C. The third-order valence-corrected chi connectivity index (χ3v) is 2.84. The number of carbonyl (C=O) groups excluding carboxylic acids is 2. The molecular weight excluding hydrogens is 230 g/mol. The number of terminal acetylenes is 1. The molecule has 1 atom stereocenters. The molecule has 1 aliphatic heterocycles. The molecule has 1 aliphatic rings. The topological polar surface area (TPSA) is 46.6 Å². The Bertz CT molecular complexity index is 362. The van der Waals surface area contributed by atoms with E-state index in [9.17, 15) is 9.59 Å². The maximum atomic E-state index is 12.0. The van der Waals surface area contributed by atoms with Gasteiger partial charge in [0.2, 0.25) is 5.78 Å². The van der Waals surface area contributed by atoms with Gasteiger partial charge in [-0.3, -0.25) is 4.79 Å². The lowest BCUT2D eigenvalue weighted by molar-refractivity contribution is -0.115. The highest BCUT2D eigenvalue weighted by Gasteiger charge is 2.31. The van der Waals surface area contributed by atoms with Crippen LogP contribution >= 0.6 is 0 Å². The largest absolute Gasteiger partial charge is 0.444 e. The van der Waals surface area contributed by atoms with E-state index in [0.29, 0.717) is 6.54 Å². The zero-order chi connectivity index (χ0) is 13.8. The zero-order valence-corrected chi connectivity index (χ0v) is 11.4. The average molecular weight is 251 g/mol. The first-order valence-corrected chi connectivity index (χ1v) is 6.32. The summed E-state index contributed by atoms with van der Waals surface area (Å²) < 4.78 is 5.35. The lowest BCUT2D eigenvalue weighted by atomic mass is 9.98. The van der Waals surface area contributed by atoms with Gasteiger partial charge in [-0.25, -0.2) is 4.79 Å². The minimum absolute atomic E-state index is 0.114. The van der Waals surface area contributed by atoms with E-state index < -0.39 is 5.60 Å². The van der Waals surface area contributed by atoms with Crippen LogP contribution < -0.4 is 0 Å². The molecule has 1 heterocycles. The standard InChI is InChI=1S/C14H21NO3/c1-5-12(16)10-11-8-6-7-9-15(11)13(17)18-14(2,3)4/h1,11H,6-10H2,2-4H3/t11-/m1/s1. The van der Waals surface area contributed by atoms with E-state index in [1.165, 1.54) is 0 Å². The van der Waals surface area contributed by atoms with E-state index in [-0.39, 0.29) is 24.3 Å². The van der Waals surface area contributed by atoms with Gasteiger partial charge in [-0.2, -0.15) is 0 Å². The number of likely N-dealkylation sites (tertiary alicyclic amines) is 1. The Morgan fingerprint density at radius 1 is 1.39 bits per heavy atom. The minimum atomic E-state index is -0.519. The van der Waals surface area contributed by atoms with Crippen LogP contribution in [0.2, 0.25) is 0 Å². The Hall–Kier alpha value is -1.50. The summed E-state index contributed by atoms with van der Waals surface area (Å²) in [5.74, 6) is 1.85. The molecule has 0 aromatic rings. The summed E-state index contributed by atoms with van der Waals surface area (Å²) in [4.78, 5) is 25.0. The number of piperidine rings is 1. The van der Waals surface area contributed by atoms with E-state index >= 15 is 0 Å². The molecule has 100 valence electrons. The Morgan fingerprint density at radius 2 is 2.06 bits per heavy atom. The van der Waals surface area contributed by atoms with Crippen molar-refractivity contribution in [2.45, 2.75) is 58.1 Å². The van der Waals surface area contributed by atoms with Gasteiger partial charge in [-0.1, -0.05) is 0 Å². The fraction of sp³-hybridized carbons (Fsp3) is 0.714. The molecule has 0 N–H and O–H groups in total. The van der Waals surface area contributed by atoms with Crippen molar-refractivity contribution < 1.29 is 14.3 Å². The number of hydrogen-bond acceptors (Lipinski definition) is 3. The molecule has 18 heavy (non-hydrogen) atoms. The molecule has 0 spiro atoms. The van der Waals surface area contributed by atoms with Crippen LogP contribution in [0, 0.1) is 12.3 Å². The third kappa shape index (κ3) is 4.40. The summed E-state index contributed by atoms with van der Waals surface area (Å²) in [6.45, 7) is 6.13. The number of rotatable bonds is 2. The second-order valence-corrected chi connectivity index (χ2v) is 5.59. The summed E-state index contributed by atoms with van der Waals surface area (Å²) in [6, 6.07) is -0.114. The summed E-state index contributed by atoms with van der Waals surface area (Å²) in [5, 5.41) is 0. The Labute approximate surface area is 109 Å². The first kappa shape index (κ1) is 14.6. The van der Waals surface area contributed by atoms with Crippen molar-refractivity contribution in [2.75, 3.05) is 6.54 Å². The van der Waals surface area contributed by atoms with Crippen LogP contribution in [-0.2, 0) is 9.53 Å². The van der Waals surface area contributed by atoms with Gasteiger partial charge >= 0.3 is 6.09 Å². The Balaban J connectivity index is 2.67. The van der Waals surface area contributed by atoms with Crippen LogP contribution in [0.5, 0.6) is 0 Å². The first-order valence-electron chi connectivity index (χ1n) is 6.32. The summed E-state index contributed by atoms with van der Waals surface area (Å²) in [6.07, 6.45) is 7.73. The van der Waals surface area contributed by atoms with Crippen molar-refractivity contribution in [2.24, 2.45) is 0 Å². The van der Waals surface area contributed by atoms with Crippen molar-refractivity contribution in [1.29, 1.82) is 0 Å². The second-order valence-electron chi connectivity index (χ2n) is 5.59. The molecule has 0 aliphatic carbocycles. The van der Waals surface area contributed by atoms with Crippen LogP contribution in [0.4, 0.5) is 4.79 Å². The van der Waals surface area contributed by atoms with Crippen LogP contribution in [0.3, 0.4) is 0 Å². The molecule has 1 rings (SSSR count). The van der Waals surface area contributed by atoms with E-state index in [4.69, 9.17) is 11.2 Å². The molecule has 0 radical (unpaired) electrons. The monoisotopic (exact) mass is 251 g/mol. The van der Waals surface area contributed by atoms with Gasteiger partial charge in [0.25, 0.3) is 0 Å². The van der Waals surface area contributed by atoms with Gasteiger partial charge in [0.05, 0.1) is 0 Å². The number of ether oxygens (including phenoxy) is 1. The highest BCUT2D eigenvalue weighted by molar-refractivity contribution is 5.95. The average Bonchev–Trinajstić information content (AvgIpc) is 2.27. The molecule has 4 heteroatoms. The van der Waals surface area contributed by atoms with Crippen LogP contribution in [0.25, 0.3) is 0 Å². The number of amides is 1. The van der Waals surface area contributed by atoms with E-state index in [1.807, 2.05) is 20.8 Å². The highest BCUT2D eigenvalue weighted by Crippen LogP contribution is 2.22. The van der Waals surface area contributed by atoms with Crippen LogP contribution in [0.1, 0.15) is 46.5 Å².